The summed E-state index contributed by atoms with van der Waals surface area (Å²) in [6.45, 7) is 0. The lowest BCUT2D eigenvalue weighted by molar-refractivity contribution is 0.488. The van der Waals surface area contributed by atoms with Gasteiger partial charge in [-0.25, -0.2) is 0 Å². The minimum atomic E-state index is 0.652. The molecule has 0 bridgehead atoms. The molecule has 4 heteroatoms. The van der Waals surface area contributed by atoms with Gasteiger partial charge in [0.05, 0.1) is 11.2 Å². The van der Waals surface area contributed by atoms with Crippen LogP contribution in [0.4, 0.5) is 5.69 Å². The van der Waals surface area contributed by atoms with Gasteiger partial charge < -0.3 is 10.5 Å². The van der Waals surface area contributed by atoms with Crippen molar-refractivity contribution < 1.29 is 4.74 Å². The van der Waals surface area contributed by atoms with E-state index in [1.54, 1.807) is 6.20 Å². The zero-order chi connectivity index (χ0) is 13.2. The van der Waals surface area contributed by atoms with Gasteiger partial charge in [-0.15, -0.1) is 0 Å². The predicted octanol–water partition coefficient (Wildman–Crippen LogP) is 4.37. The zero-order valence-electron chi connectivity index (χ0n) is 10.0. The molecule has 0 saturated heterocycles. The lowest BCUT2D eigenvalue weighted by atomic mass is 10.1. The van der Waals surface area contributed by atoms with Crippen LogP contribution in [0.15, 0.2) is 59.2 Å². The number of hydrogen-bond acceptors (Lipinski definition) is 3. The van der Waals surface area contributed by atoms with Crippen molar-refractivity contribution in [3.05, 3.63) is 59.2 Å². The molecule has 1 aromatic heterocycles. The van der Waals surface area contributed by atoms with E-state index in [9.17, 15) is 0 Å². The maximum absolute atomic E-state index is 5.91. The van der Waals surface area contributed by atoms with Crippen LogP contribution in [0.1, 0.15) is 0 Å². The second-order valence-corrected chi connectivity index (χ2v) is 5.02. The van der Waals surface area contributed by atoms with Crippen LogP contribution in [-0.2, 0) is 0 Å². The third-order valence-electron chi connectivity index (χ3n) is 2.80. The molecule has 3 rings (SSSR count). The summed E-state index contributed by atoms with van der Waals surface area (Å²) in [5.74, 6) is 1.53. The molecule has 0 aliphatic carbocycles. The van der Waals surface area contributed by atoms with Gasteiger partial charge in [-0.2, -0.15) is 0 Å². The molecule has 0 amide bonds. The summed E-state index contributed by atoms with van der Waals surface area (Å²) in [5, 5.41) is 0.908. The Balaban J connectivity index is 2.06. The SMILES string of the molecule is Nc1ccc(Oc2ccc(Br)cc2)c2cccnc12. The highest BCUT2D eigenvalue weighted by Gasteiger charge is 2.06. The summed E-state index contributed by atoms with van der Waals surface area (Å²) in [5.41, 5.74) is 7.33. The van der Waals surface area contributed by atoms with Crippen molar-refractivity contribution in [3.8, 4) is 11.5 Å². The number of nitrogens with two attached hydrogens (primary N) is 1. The first-order valence-electron chi connectivity index (χ1n) is 5.81. The van der Waals surface area contributed by atoms with Gasteiger partial charge in [-0.3, -0.25) is 4.98 Å². The second kappa shape index (κ2) is 4.90. The first kappa shape index (κ1) is 12.0. The van der Waals surface area contributed by atoms with E-state index in [0.717, 1.165) is 26.9 Å². The Morgan fingerprint density at radius 3 is 2.58 bits per heavy atom. The summed E-state index contributed by atoms with van der Waals surface area (Å²) in [7, 11) is 0. The first-order chi connectivity index (χ1) is 9.24. The first-order valence-corrected chi connectivity index (χ1v) is 6.60. The number of benzene rings is 2. The number of rotatable bonds is 2. The van der Waals surface area contributed by atoms with Gasteiger partial charge in [0.1, 0.15) is 11.5 Å². The van der Waals surface area contributed by atoms with Crippen molar-refractivity contribution in [3.63, 3.8) is 0 Å². The van der Waals surface area contributed by atoms with Gasteiger partial charge >= 0.3 is 0 Å². The maximum atomic E-state index is 5.91. The lowest BCUT2D eigenvalue weighted by Crippen LogP contribution is -1.92. The van der Waals surface area contributed by atoms with Crippen molar-refractivity contribution in [2.45, 2.75) is 0 Å². The second-order valence-electron chi connectivity index (χ2n) is 4.11. The molecule has 3 aromatic rings. The number of aromatic nitrogens is 1. The summed E-state index contributed by atoms with van der Waals surface area (Å²) in [4.78, 5) is 4.28. The fourth-order valence-corrected chi connectivity index (χ4v) is 2.15. The number of pyridine rings is 1. The summed E-state index contributed by atoms with van der Waals surface area (Å²) < 4.78 is 6.90. The molecule has 2 aromatic carbocycles. The highest BCUT2D eigenvalue weighted by Crippen LogP contribution is 2.32. The third kappa shape index (κ3) is 2.39. The molecule has 0 atom stereocenters. The van der Waals surface area contributed by atoms with Gasteiger partial charge in [-0.1, -0.05) is 15.9 Å². The minimum Gasteiger partial charge on any atom is -0.457 e. The van der Waals surface area contributed by atoms with Gasteiger partial charge in [0.15, 0.2) is 0 Å². The van der Waals surface area contributed by atoms with Crippen molar-refractivity contribution in [1.29, 1.82) is 0 Å². The lowest BCUT2D eigenvalue weighted by Gasteiger charge is -2.09. The number of ether oxygens (including phenoxy) is 1. The Labute approximate surface area is 119 Å². The summed E-state index contributed by atoms with van der Waals surface area (Å²) in [6, 6.07) is 15.2. The molecule has 3 nitrogen and oxygen atoms in total. The number of halogens is 1. The van der Waals surface area contributed by atoms with Crippen LogP contribution in [0.2, 0.25) is 0 Å². The van der Waals surface area contributed by atoms with Crippen LogP contribution in [-0.4, -0.2) is 4.98 Å². The Morgan fingerprint density at radius 2 is 1.79 bits per heavy atom. The molecular weight excluding hydrogens is 304 g/mol. The molecule has 94 valence electrons. The molecule has 0 saturated carbocycles. The fourth-order valence-electron chi connectivity index (χ4n) is 1.89. The van der Waals surface area contributed by atoms with E-state index in [0.29, 0.717) is 5.69 Å². The third-order valence-corrected chi connectivity index (χ3v) is 3.33. The Morgan fingerprint density at radius 1 is 1.00 bits per heavy atom. The van der Waals surface area contributed by atoms with Crippen LogP contribution in [0.3, 0.4) is 0 Å². The van der Waals surface area contributed by atoms with E-state index >= 15 is 0 Å². The van der Waals surface area contributed by atoms with Crippen molar-refractivity contribution in [1.82, 2.24) is 4.98 Å². The highest BCUT2D eigenvalue weighted by atomic mass is 79.9. The molecule has 0 unspecified atom stereocenters. The van der Waals surface area contributed by atoms with Crippen molar-refractivity contribution in [2.75, 3.05) is 5.73 Å². The molecule has 0 aliphatic rings. The number of anilines is 1. The van der Waals surface area contributed by atoms with Crippen LogP contribution in [0.25, 0.3) is 10.9 Å². The standard InChI is InChI=1S/C15H11BrN2O/c16-10-3-5-11(6-4-10)19-14-8-7-13(17)15-12(14)2-1-9-18-15/h1-9H,17H2. The van der Waals surface area contributed by atoms with E-state index < -0.39 is 0 Å². The summed E-state index contributed by atoms with van der Waals surface area (Å²) >= 11 is 3.40. The van der Waals surface area contributed by atoms with Gasteiger partial charge in [0.25, 0.3) is 0 Å². The molecule has 0 radical (unpaired) electrons. The monoisotopic (exact) mass is 314 g/mol. The number of hydrogen-bond donors (Lipinski definition) is 1. The molecule has 19 heavy (non-hydrogen) atoms. The average molecular weight is 315 g/mol. The summed E-state index contributed by atoms with van der Waals surface area (Å²) in [6.07, 6.45) is 1.72. The van der Waals surface area contributed by atoms with Crippen LogP contribution in [0, 0.1) is 0 Å². The molecule has 0 spiro atoms. The Kier molecular flexibility index (Phi) is 3.09. The number of nitrogen functional groups attached to an aromatic ring is 1. The highest BCUT2D eigenvalue weighted by molar-refractivity contribution is 9.10. The van der Waals surface area contributed by atoms with Crippen LogP contribution >= 0.6 is 15.9 Å². The maximum Gasteiger partial charge on any atom is 0.136 e. The number of nitrogens with zero attached hydrogens (tertiary/aromatic N) is 1. The molecular formula is C15H11BrN2O. The van der Waals surface area contributed by atoms with E-state index in [1.165, 1.54) is 0 Å². The normalized spacial score (nSPS) is 10.6. The average Bonchev–Trinajstić information content (AvgIpc) is 2.45. The quantitative estimate of drug-likeness (QED) is 0.714. The predicted molar refractivity (Wildman–Crippen MR) is 80.4 cm³/mol. The van der Waals surface area contributed by atoms with Crippen LogP contribution in [0.5, 0.6) is 11.5 Å². The largest absolute Gasteiger partial charge is 0.457 e. The van der Waals surface area contributed by atoms with Crippen molar-refractivity contribution in [2.24, 2.45) is 0 Å². The fraction of sp³-hybridized carbons (Fsp3) is 0. The van der Waals surface area contributed by atoms with Crippen molar-refractivity contribution >= 4 is 32.5 Å². The molecule has 2 N–H and O–H groups in total. The van der Waals surface area contributed by atoms with E-state index in [1.807, 2.05) is 48.5 Å². The topological polar surface area (TPSA) is 48.1 Å². The number of fused-ring (bicyclic) bond motifs is 1. The molecule has 1 heterocycles. The van der Waals surface area contributed by atoms with E-state index in [-0.39, 0.29) is 0 Å². The molecule has 0 fully saturated rings. The van der Waals surface area contributed by atoms with E-state index in [4.69, 9.17) is 10.5 Å². The van der Waals surface area contributed by atoms with E-state index in [2.05, 4.69) is 20.9 Å². The Bertz CT molecular complexity index is 726. The zero-order valence-corrected chi connectivity index (χ0v) is 11.6. The van der Waals surface area contributed by atoms with Gasteiger partial charge in [0, 0.05) is 16.1 Å². The Hall–Kier alpha value is -2.07. The van der Waals surface area contributed by atoms with Gasteiger partial charge in [0.2, 0.25) is 0 Å². The van der Waals surface area contributed by atoms with Crippen LogP contribution < -0.4 is 10.5 Å². The van der Waals surface area contributed by atoms with Gasteiger partial charge in [-0.05, 0) is 48.5 Å². The smallest absolute Gasteiger partial charge is 0.136 e. The molecule has 0 aliphatic heterocycles. The minimum absolute atomic E-state index is 0.652.